The number of benzene rings is 2. The van der Waals surface area contributed by atoms with Gasteiger partial charge in [0.25, 0.3) is 5.91 Å². The number of nitrogen functional groups attached to an aromatic ring is 1. The van der Waals surface area contributed by atoms with E-state index in [1.54, 1.807) is 36.4 Å². The summed E-state index contributed by atoms with van der Waals surface area (Å²) in [6.45, 7) is 0.537. The number of amides is 3. The SMILES string of the molecule is NC(=O)c1nnn(Cc2cc(Cl)c(C(=O)c3ccc(Cl)cc3)c(Cl)c2)c1N.O=NN(CCCl)C(=O)NCCCl. The second-order valence-corrected chi connectivity index (χ2v) is 9.44. The minimum absolute atomic E-state index is 0.0241. The van der Waals surface area contributed by atoms with Gasteiger partial charge in [-0.05, 0) is 42.0 Å². The molecule has 0 saturated carbocycles. The van der Waals surface area contributed by atoms with Gasteiger partial charge in [0.2, 0.25) is 0 Å². The smallest absolute Gasteiger partial charge is 0.340 e. The molecule has 0 aliphatic carbocycles. The highest BCUT2D eigenvalue weighted by Crippen LogP contribution is 2.30. The van der Waals surface area contributed by atoms with Gasteiger partial charge in [0.1, 0.15) is 0 Å². The Balaban J connectivity index is 0.000000377. The fourth-order valence-corrected chi connectivity index (χ4v) is 4.05. The number of nitroso groups, excluding NO2 is 1. The van der Waals surface area contributed by atoms with E-state index in [0.717, 1.165) is 0 Å². The van der Waals surface area contributed by atoms with Gasteiger partial charge in [0.05, 0.1) is 34.0 Å². The zero-order valence-electron chi connectivity index (χ0n) is 19.9. The van der Waals surface area contributed by atoms with Crippen molar-refractivity contribution >= 4 is 81.5 Å². The van der Waals surface area contributed by atoms with Crippen molar-refractivity contribution < 1.29 is 14.4 Å². The third-order valence-electron chi connectivity index (χ3n) is 4.77. The molecule has 5 N–H and O–H groups in total. The van der Waals surface area contributed by atoms with Crippen LogP contribution in [0.1, 0.15) is 32.0 Å². The molecule has 3 aromatic rings. The first-order valence-corrected chi connectivity index (χ1v) is 13.0. The summed E-state index contributed by atoms with van der Waals surface area (Å²) in [4.78, 5) is 44.8. The molecule has 0 spiro atoms. The second kappa shape index (κ2) is 15.4. The minimum atomic E-state index is -0.779. The zero-order valence-corrected chi connectivity index (χ0v) is 23.7. The van der Waals surface area contributed by atoms with Crippen molar-refractivity contribution in [2.75, 3.05) is 30.6 Å². The fourth-order valence-electron chi connectivity index (χ4n) is 2.97. The van der Waals surface area contributed by atoms with Crippen LogP contribution in [0.3, 0.4) is 0 Å². The quantitative estimate of drug-likeness (QED) is 0.128. The summed E-state index contributed by atoms with van der Waals surface area (Å²) >= 11 is 29.0. The molecule has 0 aliphatic heterocycles. The lowest BCUT2D eigenvalue weighted by molar-refractivity contribution is 0.0994. The largest absolute Gasteiger partial charge is 0.382 e. The standard InChI is InChI=1S/C17H12Cl3N5O2.C5H9Cl2N3O2/c18-10-3-1-9(2-4-10)15(26)13-11(19)5-8(6-12(13)20)7-25-16(21)14(17(22)27)23-24-25;6-1-3-8-5(11)10(9-12)4-2-7/h1-6H,7,21H2,(H2,22,27);1-4H2,(H,8,11). The maximum absolute atomic E-state index is 12.7. The molecule has 3 amide bonds. The fraction of sp³-hybridized carbons (Fsp3) is 0.227. The summed E-state index contributed by atoms with van der Waals surface area (Å²) in [7, 11) is 0. The number of nitrogens with zero attached hydrogens (tertiary/aromatic N) is 5. The molecule has 2 aromatic carbocycles. The van der Waals surface area contributed by atoms with Crippen LogP contribution in [-0.4, -0.2) is 62.6 Å². The van der Waals surface area contributed by atoms with Crippen LogP contribution in [-0.2, 0) is 6.54 Å². The third kappa shape index (κ3) is 8.94. The molecule has 3 rings (SSSR count). The van der Waals surface area contributed by atoms with E-state index in [1.165, 1.54) is 4.68 Å². The van der Waals surface area contributed by atoms with E-state index in [-0.39, 0.29) is 51.9 Å². The maximum Gasteiger partial charge on any atom is 0.340 e. The summed E-state index contributed by atoms with van der Waals surface area (Å²) < 4.78 is 1.28. The van der Waals surface area contributed by atoms with Crippen LogP contribution in [0, 0.1) is 4.91 Å². The zero-order chi connectivity index (χ0) is 29.1. The van der Waals surface area contributed by atoms with Gasteiger partial charge in [-0.2, -0.15) is 5.01 Å². The monoisotopic (exact) mass is 636 g/mol. The van der Waals surface area contributed by atoms with Crippen LogP contribution >= 0.6 is 58.0 Å². The minimum Gasteiger partial charge on any atom is -0.382 e. The average molecular weight is 639 g/mol. The Labute approximate surface area is 247 Å². The van der Waals surface area contributed by atoms with Gasteiger partial charge >= 0.3 is 6.03 Å². The number of urea groups is 1. The topological polar surface area (TPSA) is 179 Å². The summed E-state index contributed by atoms with van der Waals surface area (Å²) in [5, 5.41) is 13.8. The molecule has 17 heteroatoms. The Kier molecular flexibility index (Phi) is 12.7. The van der Waals surface area contributed by atoms with Crippen LogP contribution in [0.15, 0.2) is 41.7 Å². The number of nitrogens with two attached hydrogens (primary N) is 2. The molecule has 0 saturated heterocycles. The van der Waals surface area contributed by atoms with Crippen molar-refractivity contribution in [3.8, 4) is 0 Å². The molecule has 0 fully saturated rings. The molecule has 39 heavy (non-hydrogen) atoms. The Morgan fingerprint density at radius 3 is 2.13 bits per heavy atom. The Bertz CT molecular complexity index is 1310. The number of aromatic nitrogens is 3. The van der Waals surface area contributed by atoms with Gasteiger partial charge in [-0.25, -0.2) is 9.48 Å². The summed E-state index contributed by atoms with van der Waals surface area (Å²) in [5.74, 6) is -0.626. The number of rotatable bonds is 10. The highest BCUT2D eigenvalue weighted by atomic mass is 35.5. The molecule has 0 bridgehead atoms. The van der Waals surface area contributed by atoms with E-state index in [9.17, 15) is 19.3 Å². The number of primary amides is 1. The number of carbonyl (C=O) groups is 3. The molecule has 1 aromatic heterocycles. The van der Waals surface area contributed by atoms with Crippen molar-refractivity contribution in [1.29, 1.82) is 0 Å². The second-order valence-electron chi connectivity index (χ2n) is 7.43. The van der Waals surface area contributed by atoms with Crippen LogP contribution in [0.2, 0.25) is 15.1 Å². The van der Waals surface area contributed by atoms with E-state index in [0.29, 0.717) is 33.6 Å². The lowest BCUT2D eigenvalue weighted by Crippen LogP contribution is -2.38. The van der Waals surface area contributed by atoms with Gasteiger partial charge in [-0.15, -0.1) is 33.2 Å². The van der Waals surface area contributed by atoms with E-state index in [2.05, 4.69) is 20.9 Å². The summed E-state index contributed by atoms with van der Waals surface area (Å²) in [6, 6.07) is 8.96. The number of anilines is 1. The first-order chi connectivity index (χ1) is 18.5. The number of ketones is 1. The average Bonchev–Trinajstić information content (AvgIpc) is 3.26. The molecule has 12 nitrogen and oxygen atoms in total. The van der Waals surface area contributed by atoms with Crippen LogP contribution < -0.4 is 16.8 Å². The molecule has 0 unspecified atom stereocenters. The number of hydrogen-bond acceptors (Lipinski definition) is 8. The van der Waals surface area contributed by atoms with E-state index >= 15 is 0 Å². The number of alkyl halides is 2. The predicted octanol–water partition coefficient (Wildman–Crippen LogP) is 4.36. The van der Waals surface area contributed by atoms with Gasteiger partial charge in [-0.3, -0.25) is 9.59 Å². The van der Waals surface area contributed by atoms with Gasteiger partial charge in [-0.1, -0.05) is 40.0 Å². The molecular weight excluding hydrogens is 618 g/mol. The van der Waals surface area contributed by atoms with Crippen LogP contribution in [0.25, 0.3) is 0 Å². The number of carbonyl (C=O) groups excluding carboxylic acids is 3. The molecule has 0 atom stereocenters. The van der Waals surface area contributed by atoms with Gasteiger partial charge in [0.15, 0.2) is 17.3 Å². The van der Waals surface area contributed by atoms with E-state index in [1.807, 2.05) is 0 Å². The van der Waals surface area contributed by atoms with E-state index in [4.69, 9.17) is 69.5 Å². The number of hydrogen-bond donors (Lipinski definition) is 3. The molecule has 0 radical (unpaired) electrons. The van der Waals surface area contributed by atoms with Crippen molar-refractivity contribution in [2.24, 2.45) is 11.0 Å². The van der Waals surface area contributed by atoms with Crippen molar-refractivity contribution in [3.05, 3.63) is 78.8 Å². The lowest BCUT2D eigenvalue weighted by Gasteiger charge is -2.11. The summed E-state index contributed by atoms with van der Waals surface area (Å²) in [6.07, 6.45) is 0. The van der Waals surface area contributed by atoms with Gasteiger partial charge in [0, 0.05) is 28.9 Å². The maximum atomic E-state index is 12.7. The highest BCUT2D eigenvalue weighted by molar-refractivity contribution is 6.41. The first-order valence-electron chi connectivity index (χ1n) is 10.8. The molecule has 0 aliphatic rings. The van der Waals surface area contributed by atoms with Crippen molar-refractivity contribution in [1.82, 2.24) is 25.3 Å². The molecule has 1 heterocycles. The van der Waals surface area contributed by atoms with E-state index < -0.39 is 11.9 Å². The Morgan fingerprint density at radius 1 is 1.03 bits per heavy atom. The predicted molar refractivity (Wildman–Crippen MR) is 151 cm³/mol. The number of halogens is 5. The highest BCUT2D eigenvalue weighted by Gasteiger charge is 2.20. The summed E-state index contributed by atoms with van der Waals surface area (Å²) in [5.41, 5.74) is 12.0. The Hall–Kier alpha value is -3.16. The normalized spacial score (nSPS) is 10.3. The van der Waals surface area contributed by atoms with Crippen molar-refractivity contribution in [3.63, 3.8) is 0 Å². The molecule has 208 valence electrons. The first kappa shape index (κ1) is 32.1. The van der Waals surface area contributed by atoms with Crippen LogP contribution in [0.4, 0.5) is 10.6 Å². The van der Waals surface area contributed by atoms with Crippen molar-refractivity contribution in [2.45, 2.75) is 6.54 Å². The lowest BCUT2D eigenvalue weighted by atomic mass is 10.0. The Morgan fingerprint density at radius 2 is 1.64 bits per heavy atom. The number of nitrogens with one attached hydrogen (secondary N) is 1. The molecular formula is C22H21Cl5N8O4. The third-order valence-corrected chi connectivity index (χ3v) is 5.98. The van der Waals surface area contributed by atoms with Gasteiger partial charge < -0.3 is 16.8 Å². The van der Waals surface area contributed by atoms with Crippen LogP contribution in [0.5, 0.6) is 0 Å².